The van der Waals surface area contributed by atoms with Crippen molar-refractivity contribution in [2.24, 2.45) is 11.8 Å². The zero-order chi connectivity index (χ0) is 35.5. The zero-order valence-corrected chi connectivity index (χ0v) is 28.5. The molecule has 0 spiro atoms. The molecule has 13 heteroatoms. The quantitative estimate of drug-likeness (QED) is 0.212. The number of carboxylic acid groups (broad SMARTS) is 1. The minimum atomic E-state index is -1.18. The van der Waals surface area contributed by atoms with E-state index in [1.807, 2.05) is 40.9 Å². The highest BCUT2D eigenvalue weighted by atomic mass is 32.1. The van der Waals surface area contributed by atoms with Crippen LogP contribution in [0.1, 0.15) is 34.4 Å². The third-order valence-corrected chi connectivity index (χ3v) is 9.51. The number of carbonyl (C=O) groups excluding carboxylic acids is 4. The fourth-order valence-electron chi connectivity index (χ4n) is 5.88. The molecule has 0 saturated carbocycles. The highest BCUT2D eigenvalue weighted by Gasteiger charge is 2.33. The van der Waals surface area contributed by atoms with Crippen LogP contribution >= 0.6 is 11.3 Å². The van der Waals surface area contributed by atoms with Crippen LogP contribution in [0.2, 0.25) is 0 Å². The summed E-state index contributed by atoms with van der Waals surface area (Å²) in [6.45, 7) is -0.287. The summed E-state index contributed by atoms with van der Waals surface area (Å²) in [5.41, 5.74) is 2.36. The molecule has 266 valence electrons. The van der Waals surface area contributed by atoms with Gasteiger partial charge >= 0.3 is 5.97 Å². The lowest BCUT2D eigenvalue weighted by Gasteiger charge is -2.25. The van der Waals surface area contributed by atoms with Gasteiger partial charge in [0.15, 0.2) is 11.6 Å². The Balaban J connectivity index is 0.00000583. The van der Waals surface area contributed by atoms with Gasteiger partial charge in [-0.25, -0.2) is 0 Å². The molecule has 3 heterocycles. The number of hydrogen-bond acceptors (Lipinski definition) is 9. The number of ketones is 2. The normalized spacial score (nSPS) is 20.4. The summed E-state index contributed by atoms with van der Waals surface area (Å²) in [6.07, 6.45) is -0.0580. The number of hydrogen-bond donors (Lipinski definition) is 4. The Hall–Kier alpha value is -5.53. The van der Waals surface area contributed by atoms with Gasteiger partial charge in [0.2, 0.25) is 11.8 Å². The average molecular weight is 714 g/mol. The minimum absolute atomic E-state index is 0. The van der Waals surface area contributed by atoms with Crippen molar-refractivity contribution in [2.45, 2.75) is 50.6 Å². The van der Waals surface area contributed by atoms with Gasteiger partial charge < -0.3 is 26.0 Å². The van der Waals surface area contributed by atoms with Gasteiger partial charge in [-0.2, -0.15) is 0 Å². The lowest BCUT2D eigenvalue weighted by atomic mass is 9.90. The number of aliphatic carboxylic acids is 1. The number of carbonyl (C=O) groups is 5. The van der Waals surface area contributed by atoms with E-state index in [1.165, 1.54) is 11.3 Å². The van der Waals surface area contributed by atoms with Gasteiger partial charge in [0, 0.05) is 52.3 Å². The Bertz CT molecular complexity index is 1800. The van der Waals surface area contributed by atoms with Crippen LogP contribution in [-0.4, -0.2) is 58.6 Å². The number of amides is 2. The Morgan fingerprint density at radius 3 is 2.08 bits per heavy atom. The predicted octanol–water partition coefficient (Wildman–Crippen LogP) is 2.92. The maximum Gasteiger partial charge on any atom is 0.307 e. The van der Waals surface area contributed by atoms with Gasteiger partial charge in [-0.3, -0.25) is 24.0 Å². The Morgan fingerprint density at radius 1 is 0.765 bits per heavy atom. The van der Waals surface area contributed by atoms with E-state index in [4.69, 9.17) is 4.74 Å². The highest BCUT2D eigenvalue weighted by molar-refractivity contribution is 7.09. The number of carboxylic acids is 1. The average Bonchev–Trinajstić information content (AvgIpc) is 3.63. The molecule has 4 atom stereocenters. The number of ether oxygens (including phenoxy) is 1. The Morgan fingerprint density at radius 2 is 1.43 bits per heavy atom. The number of nitrogens with one attached hydrogen (secondary N) is 3. The van der Waals surface area contributed by atoms with Crippen molar-refractivity contribution < 1.29 is 44.5 Å². The second-order valence-corrected chi connectivity index (χ2v) is 13.4. The molecule has 0 fully saturated rings. The minimum Gasteiger partial charge on any atom is -0.870 e. The molecule has 4 aromatic rings. The van der Waals surface area contributed by atoms with Crippen molar-refractivity contribution in [3.8, 4) is 5.75 Å². The number of nitroso groups, excluding NO2 is 1. The van der Waals surface area contributed by atoms with Gasteiger partial charge in [0.1, 0.15) is 18.4 Å². The maximum atomic E-state index is 14.1. The third kappa shape index (κ3) is 11.2. The first-order chi connectivity index (χ1) is 24.2. The van der Waals surface area contributed by atoms with Crippen LogP contribution in [0.5, 0.6) is 5.75 Å². The van der Waals surface area contributed by atoms with E-state index in [-0.39, 0.29) is 56.4 Å². The van der Waals surface area contributed by atoms with Gasteiger partial charge in [0.25, 0.3) is 5.69 Å². The molecule has 12 nitrogen and oxygen atoms in total. The molecule has 0 aliphatic carbocycles. The fraction of sp³-hybridized carbons (Fsp3) is 0.289. The first-order valence-electron chi connectivity index (χ1n) is 16.3. The second kappa shape index (κ2) is 18.5. The van der Waals surface area contributed by atoms with Crippen molar-refractivity contribution in [3.05, 3.63) is 123 Å². The van der Waals surface area contributed by atoms with Crippen molar-refractivity contribution in [3.63, 3.8) is 0 Å². The molecular formula is C38H39N3O9S. The van der Waals surface area contributed by atoms with Crippen molar-refractivity contribution in [1.29, 1.82) is 0 Å². The number of benzene rings is 3. The summed E-state index contributed by atoms with van der Waals surface area (Å²) in [7, 11) is 0. The second-order valence-electron chi connectivity index (χ2n) is 12.4. The molecule has 0 radical (unpaired) electrons. The molecule has 2 aliphatic rings. The summed E-state index contributed by atoms with van der Waals surface area (Å²) < 4.78 is 5.71. The van der Waals surface area contributed by atoms with Crippen LogP contribution in [0.25, 0.3) is 0 Å². The van der Waals surface area contributed by atoms with E-state index in [1.54, 1.807) is 60.7 Å². The summed E-state index contributed by atoms with van der Waals surface area (Å²) in [5.74, 6) is -4.61. The van der Waals surface area contributed by atoms with Crippen LogP contribution in [0.3, 0.4) is 0 Å². The van der Waals surface area contributed by atoms with E-state index in [0.717, 1.165) is 10.4 Å². The molecule has 2 aliphatic heterocycles. The van der Waals surface area contributed by atoms with Gasteiger partial charge in [-0.1, -0.05) is 60.7 Å². The highest BCUT2D eigenvalue weighted by Crippen LogP contribution is 2.22. The topological polar surface area (TPSA) is 200 Å². The monoisotopic (exact) mass is 713 g/mol. The number of Topliss-reactive ketones (excluding diaryl/α,β-unsaturated/α-hetero) is 2. The van der Waals surface area contributed by atoms with E-state index in [9.17, 15) is 34.0 Å². The SMILES string of the molecule is O=[NH+]c1ccc(C[C@@H]2NC(=O)[C@H](Cc3cccs3)CC(=O)COc3ccc(cc3)C[C@@H](C(=O)O)CC(=O)[C@H](Cc3ccccc3)NC2=O)cc1.[OH-]. The molecule has 2 bridgehead atoms. The predicted molar refractivity (Wildman–Crippen MR) is 188 cm³/mol. The zero-order valence-electron chi connectivity index (χ0n) is 27.7. The molecule has 0 unspecified atom stereocenters. The van der Waals surface area contributed by atoms with Gasteiger partial charge in [-0.15, -0.1) is 11.3 Å². The molecular weight excluding hydrogens is 674 g/mol. The van der Waals surface area contributed by atoms with Crippen molar-refractivity contribution >= 4 is 46.4 Å². The van der Waals surface area contributed by atoms with Crippen LogP contribution < -0.4 is 20.5 Å². The van der Waals surface area contributed by atoms with Crippen molar-refractivity contribution in [1.82, 2.24) is 10.6 Å². The molecule has 3 aromatic carbocycles. The van der Waals surface area contributed by atoms with Crippen LogP contribution in [0.4, 0.5) is 5.69 Å². The van der Waals surface area contributed by atoms with Crippen LogP contribution in [0, 0.1) is 16.7 Å². The first-order valence-corrected chi connectivity index (χ1v) is 17.2. The summed E-state index contributed by atoms with van der Waals surface area (Å²) in [6, 6.07) is 23.5. The van der Waals surface area contributed by atoms with E-state index < -0.39 is 47.5 Å². The van der Waals surface area contributed by atoms with E-state index in [2.05, 4.69) is 10.6 Å². The first kappa shape index (κ1) is 38.3. The number of fused-ring (bicyclic) bond motifs is 16. The Kier molecular flexibility index (Phi) is 13.9. The standard InChI is InChI=1S/C38H37N3O8S.H2O/c42-30-20-27(21-32-7-4-16-50-32)36(44)40-34(19-26-8-12-29(41-48)13-9-26)37(45)39-33(18-24-5-2-1-3-6-24)35(43)22-28(38(46)47)17-25-10-14-31(15-11-25)49-23-30;/h1-16,27-28,33-34H,17-23H2,(H,39,45)(H,40,44)(H,46,47);1H2/t27-,28+,33-,34-;/m0./s1. The number of rotatable bonds is 8. The largest absolute Gasteiger partial charge is 0.870 e. The molecule has 1 aromatic heterocycles. The van der Waals surface area contributed by atoms with E-state index >= 15 is 0 Å². The maximum absolute atomic E-state index is 14.1. The van der Waals surface area contributed by atoms with Crippen LogP contribution in [-0.2, 0) is 49.7 Å². The van der Waals surface area contributed by atoms with Crippen LogP contribution in [0.15, 0.2) is 96.4 Å². The Labute approximate surface area is 298 Å². The fourth-order valence-corrected chi connectivity index (χ4v) is 6.66. The van der Waals surface area contributed by atoms with Gasteiger partial charge in [0.05, 0.1) is 12.0 Å². The smallest absolute Gasteiger partial charge is 0.307 e. The molecule has 51 heavy (non-hydrogen) atoms. The molecule has 0 saturated heterocycles. The van der Waals surface area contributed by atoms with Gasteiger partial charge in [-0.05, 0) is 59.5 Å². The molecule has 6 rings (SSSR count). The molecule has 2 amide bonds. The van der Waals surface area contributed by atoms with E-state index in [0.29, 0.717) is 22.6 Å². The lowest BCUT2D eigenvalue weighted by molar-refractivity contribution is -0.379. The summed E-state index contributed by atoms with van der Waals surface area (Å²) in [5, 5.41) is 19.4. The third-order valence-electron chi connectivity index (χ3n) is 8.61. The molecule has 5 N–H and O–H groups in total. The summed E-state index contributed by atoms with van der Waals surface area (Å²) >= 11 is 1.45. The lowest BCUT2D eigenvalue weighted by Crippen LogP contribution is -2.55. The van der Waals surface area contributed by atoms with Crippen molar-refractivity contribution in [2.75, 3.05) is 6.61 Å². The summed E-state index contributed by atoms with van der Waals surface area (Å²) in [4.78, 5) is 79.5. The number of thiophene rings is 1.